The fraction of sp³-hybridized carbons (Fsp3) is 0.545. The molecule has 0 bridgehead atoms. The molecule has 0 radical (unpaired) electrons. The predicted molar refractivity (Wildman–Crippen MR) is 109 cm³/mol. The first-order valence-electron chi connectivity index (χ1n) is 10.2. The second-order valence-electron chi connectivity index (χ2n) is 7.55. The van der Waals surface area contributed by atoms with Gasteiger partial charge in [0, 0.05) is 32.8 Å². The molecule has 3 rings (SSSR count). The van der Waals surface area contributed by atoms with Crippen LogP contribution < -0.4 is 0 Å². The minimum absolute atomic E-state index is 0.179. The zero-order valence-electron chi connectivity index (χ0n) is 17.2. The normalized spacial score (nSPS) is 19.0. The molecule has 1 aromatic carbocycles. The standard InChI is InChI=1S/C22H31N3O3/c1-4-28-16-8-13-25-21(26)19(17-9-6-5-7-10-17)20(22(25)27)24(3)18-11-14-23(2)15-12-18/h5-7,9-10,18H,4,8,11-16H2,1-3H3. The first-order chi connectivity index (χ1) is 13.5. The fourth-order valence-corrected chi connectivity index (χ4v) is 3.99. The van der Waals surface area contributed by atoms with Gasteiger partial charge in [-0.15, -0.1) is 0 Å². The second-order valence-corrected chi connectivity index (χ2v) is 7.55. The summed E-state index contributed by atoms with van der Waals surface area (Å²) in [6.45, 7) is 5.52. The van der Waals surface area contributed by atoms with E-state index in [0.29, 0.717) is 37.4 Å². The van der Waals surface area contributed by atoms with Crippen LogP contribution in [0.5, 0.6) is 0 Å². The zero-order chi connectivity index (χ0) is 20.1. The summed E-state index contributed by atoms with van der Waals surface area (Å²) in [6, 6.07) is 9.83. The van der Waals surface area contributed by atoms with E-state index < -0.39 is 0 Å². The SMILES string of the molecule is CCOCCCN1C(=O)C(c2ccccc2)=C(N(C)C2CCN(C)CC2)C1=O. The average Bonchev–Trinajstić information content (AvgIpc) is 2.96. The summed E-state index contributed by atoms with van der Waals surface area (Å²) in [5, 5.41) is 0. The number of piperidine rings is 1. The van der Waals surface area contributed by atoms with Crippen molar-refractivity contribution in [1.82, 2.24) is 14.7 Å². The Morgan fingerprint density at radius 1 is 1.11 bits per heavy atom. The first-order valence-corrected chi connectivity index (χ1v) is 10.2. The van der Waals surface area contributed by atoms with Crippen LogP contribution in [0.25, 0.3) is 5.57 Å². The van der Waals surface area contributed by atoms with Crippen molar-refractivity contribution in [2.24, 2.45) is 0 Å². The van der Waals surface area contributed by atoms with Crippen LogP contribution in [0.4, 0.5) is 0 Å². The van der Waals surface area contributed by atoms with Gasteiger partial charge in [-0.2, -0.15) is 0 Å². The van der Waals surface area contributed by atoms with Gasteiger partial charge in [0.15, 0.2) is 0 Å². The Labute approximate surface area is 167 Å². The molecule has 2 amide bonds. The lowest BCUT2D eigenvalue weighted by Gasteiger charge is -2.36. The molecule has 1 fully saturated rings. The molecule has 0 aromatic heterocycles. The Bertz CT molecular complexity index is 724. The van der Waals surface area contributed by atoms with Crippen molar-refractivity contribution >= 4 is 17.4 Å². The number of hydrogen-bond donors (Lipinski definition) is 0. The van der Waals surface area contributed by atoms with Gasteiger partial charge >= 0.3 is 0 Å². The molecule has 0 unspecified atom stereocenters. The van der Waals surface area contributed by atoms with Gasteiger partial charge in [-0.25, -0.2) is 0 Å². The molecule has 0 N–H and O–H groups in total. The van der Waals surface area contributed by atoms with Gasteiger partial charge in [0.05, 0.1) is 5.57 Å². The van der Waals surface area contributed by atoms with E-state index in [9.17, 15) is 9.59 Å². The highest BCUT2D eigenvalue weighted by atomic mass is 16.5. The third-order valence-electron chi connectivity index (χ3n) is 5.67. The molecule has 0 atom stereocenters. The van der Waals surface area contributed by atoms with E-state index in [-0.39, 0.29) is 17.9 Å². The summed E-state index contributed by atoms with van der Waals surface area (Å²) < 4.78 is 5.38. The maximum atomic E-state index is 13.3. The van der Waals surface area contributed by atoms with Gasteiger partial charge < -0.3 is 14.5 Å². The summed E-state index contributed by atoms with van der Waals surface area (Å²) in [7, 11) is 4.08. The molecule has 1 aromatic rings. The maximum Gasteiger partial charge on any atom is 0.277 e. The molecule has 0 aliphatic carbocycles. The van der Waals surface area contributed by atoms with E-state index in [1.165, 1.54) is 4.90 Å². The quantitative estimate of drug-likeness (QED) is 0.507. The molecule has 6 heteroatoms. The van der Waals surface area contributed by atoms with Crippen LogP contribution in [0, 0.1) is 0 Å². The lowest BCUT2D eigenvalue weighted by molar-refractivity contribution is -0.137. The molecular weight excluding hydrogens is 354 g/mol. The Morgan fingerprint density at radius 3 is 2.43 bits per heavy atom. The number of benzene rings is 1. The molecule has 152 valence electrons. The van der Waals surface area contributed by atoms with Crippen LogP contribution in [-0.2, 0) is 14.3 Å². The molecule has 6 nitrogen and oxygen atoms in total. The van der Waals surface area contributed by atoms with E-state index in [1.54, 1.807) is 0 Å². The highest BCUT2D eigenvalue weighted by Gasteiger charge is 2.42. The summed E-state index contributed by atoms with van der Waals surface area (Å²) >= 11 is 0. The van der Waals surface area contributed by atoms with E-state index in [2.05, 4.69) is 16.8 Å². The highest BCUT2D eigenvalue weighted by molar-refractivity contribution is 6.35. The van der Waals surface area contributed by atoms with E-state index in [1.807, 2.05) is 44.3 Å². The van der Waals surface area contributed by atoms with Gasteiger partial charge in [-0.05, 0) is 51.9 Å². The molecule has 1 saturated heterocycles. The van der Waals surface area contributed by atoms with E-state index in [0.717, 1.165) is 31.5 Å². The van der Waals surface area contributed by atoms with Crippen LogP contribution in [-0.4, -0.2) is 79.5 Å². The summed E-state index contributed by atoms with van der Waals surface area (Å²) in [5.41, 5.74) is 1.88. The number of likely N-dealkylation sites (N-methyl/N-ethyl adjacent to an activating group) is 1. The van der Waals surface area contributed by atoms with Gasteiger partial charge in [0.2, 0.25) is 0 Å². The number of carbonyl (C=O) groups excluding carboxylic acids is 2. The largest absolute Gasteiger partial charge is 0.382 e. The predicted octanol–water partition coefficient (Wildman–Crippen LogP) is 2.22. The number of hydrogen-bond acceptors (Lipinski definition) is 5. The Hall–Kier alpha value is -2.18. The van der Waals surface area contributed by atoms with Crippen LogP contribution in [0.15, 0.2) is 36.0 Å². The smallest absolute Gasteiger partial charge is 0.277 e. The van der Waals surface area contributed by atoms with Crippen molar-refractivity contribution < 1.29 is 14.3 Å². The molecule has 2 aliphatic rings. The van der Waals surface area contributed by atoms with Crippen LogP contribution in [0.3, 0.4) is 0 Å². The fourth-order valence-electron chi connectivity index (χ4n) is 3.99. The minimum atomic E-state index is -0.192. The highest BCUT2D eigenvalue weighted by Crippen LogP contribution is 2.33. The minimum Gasteiger partial charge on any atom is -0.382 e. The molecule has 2 aliphatic heterocycles. The number of amides is 2. The number of nitrogens with zero attached hydrogens (tertiary/aromatic N) is 3. The topological polar surface area (TPSA) is 53.1 Å². The monoisotopic (exact) mass is 385 g/mol. The van der Waals surface area contributed by atoms with Crippen molar-refractivity contribution in [2.75, 3.05) is 46.9 Å². The number of carbonyl (C=O) groups is 2. The molecule has 0 spiro atoms. The number of likely N-dealkylation sites (tertiary alicyclic amines) is 1. The van der Waals surface area contributed by atoms with Crippen molar-refractivity contribution in [2.45, 2.75) is 32.2 Å². The lowest BCUT2D eigenvalue weighted by atomic mass is 10.0. The van der Waals surface area contributed by atoms with Gasteiger partial charge in [0.25, 0.3) is 11.8 Å². The average molecular weight is 386 g/mol. The Morgan fingerprint density at radius 2 is 1.79 bits per heavy atom. The second kappa shape index (κ2) is 9.34. The third-order valence-corrected chi connectivity index (χ3v) is 5.67. The maximum absolute atomic E-state index is 13.3. The lowest BCUT2D eigenvalue weighted by Crippen LogP contribution is -2.43. The summed E-state index contributed by atoms with van der Waals surface area (Å²) in [6.07, 6.45) is 2.63. The van der Waals surface area contributed by atoms with E-state index >= 15 is 0 Å². The van der Waals surface area contributed by atoms with Crippen molar-refractivity contribution in [3.05, 3.63) is 41.6 Å². The van der Waals surface area contributed by atoms with Crippen LogP contribution in [0.1, 0.15) is 31.7 Å². The van der Waals surface area contributed by atoms with Crippen LogP contribution >= 0.6 is 0 Å². The van der Waals surface area contributed by atoms with E-state index in [4.69, 9.17) is 4.74 Å². The first kappa shape index (κ1) is 20.6. The van der Waals surface area contributed by atoms with Crippen molar-refractivity contribution in [3.63, 3.8) is 0 Å². The van der Waals surface area contributed by atoms with Gasteiger partial charge in [0.1, 0.15) is 5.70 Å². The number of rotatable bonds is 8. The third kappa shape index (κ3) is 4.28. The molecular formula is C22H31N3O3. The Kier molecular flexibility index (Phi) is 6.86. The molecule has 0 saturated carbocycles. The van der Waals surface area contributed by atoms with Gasteiger partial charge in [-0.1, -0.05) is 30.3 Å². The number of imide groups is 1. The summed E-state index contributed by atoms with van der Waals surface area (Å²) in [4.78, 5) is 32.2. The summed E-state index contributed by atoms with van der Waals surface area (Å²) in [5.74, 6) is -0.371. The van der Waals surface area contributed by atoms with Gasteiger partial charge in [-0.3, -0.25) is 14.5 Å². The van der Waals surface area contributed by atoms with Crippen LogP contribution in [0.2, 0.25) is 0 Å². The Balaban J connectivity index is 1.88. The zero-order valence-corrected chi connectivity index (χ0v) is 17.2. The van der Waals surface area contributed by atoms with Crippen molar-refractivity contribution in [1.29, 1.82) is 0 Å². The van der Waals surface area contributed by atoms with Crippen molar-refractivity contribution in [3.8, 4) is 0 Å². The molecule has 2 heterocycles. The number of ether oxygens (including phenoxy) is 1. The molecule has 28 heavy (non-hydrogen) atoms.